The SMILES string of the molecule is CC[C@H](C(=O)NC(C)C)N(Cc1ccc(OC)cc1)C(=O)CN(c1cc(Cl)ccc1OC)S(=O)(=O)c1ccc(C)c([N+](=O)[O-])c1. The molecule has 0 fully saturated rings. The summed E-state index contributed by atoms with van der Waals surface area (Å²) in [5.41, 5.74) is 0.460. The predicted octanol–water partition coefficient (Wildman–Crippen LogP) is 5.10. The fraction of sp³-hybridized carbons (Fsp3) is 0.355. The molecule has 0 aliphatic heterocycles. The minimum absolute atomic E-state index is 0.0244. The zero-order valence-electron chi connectivity index (χ0n) is 25.9. The Morgan fingerprint density at radius 1 is 1.02 bits per heavy atom. The van der Waals surface area contributed by atoms with Crippen LogP contribution in [0.1, 0.15) is 38.3 Å². The third-order valence-corrected chi connectivity index (χ3v) is 8.97. The topological polar surface area (TPSA) is 148 Å². The second-order valence-electron chi connectivity index (χ2n) is 10.5. The fourth-order valence-corrected chi connectivity index (χ4v) is 6.28. The molecule has 1 atom stereocenters. The van der Waals surface area contributed by atoms with E-state index >= 15 is 0 Å². The molecule has 0 spiro atoms. The van der Waals surface area contributed by atoms with Crippen LogP contribution >= 0.6 is 11.6 Å². The molecule has 0 saturated heterocycles. The first kappa shape index (κ1) is 35.1. The number of aryl methyl sites for hydroxylation is 1. The van der Waals surface area contributed by atoms with Crippen LogP contribution in [0.5, 0.6) is 11.5 Å². The van der Waals surface area contributed by atoms with Gasteiger partial charge in [-0.3, -0.25) is 24.0 Å². The third-order valence-electron chi connectivity index (χ3n) is 6.98. The van der Waals surface area contributed by atoms with Gasteiger partial charge in [-0.2, -0.15) is 0 Å². The first-order chi connectivity index (χ1) is 21.2. The van der Waals surface area contributed by atoms with E-state index in [4.69, 9.17) is 21.1 Å². The number of methoxy groups -OCH3 is 2. The number of nitrogens with one attached hydrogen (secondary N) is 1. The monoisotopic (exact) mass is 660 g/mol. The van der Waals surface area contributed by atoms with Crippen LogP contribution in [-0.4, -0.2) is 62.9 Å². The van der Waals surface area contributed by atoms with E-state index in [0.29, 0.717) is 11.3 Å². The Balaban J connectivity index is 2.18. The molecule has 242 valence electrons. The molecular weight excluding hydrogens is 624 g/mol. The van der Waals surface area contributed by atoms with E-state index < -0.39 is 49.9 Å². The molecule has 0 bridgehead atoms. The highest BCUT2D eigenvalue weighted by atomic mass is 35.5. The van der Waals surface area contributed by atoms with Crippen molar-refractivity contribution in [3.05, 3.63) is 86.9 Å². The number of hydrogen-bond acceptors (Lipinski definition) is 8. The summed E-state index contributed by atoms with van der Waals surface area (Å²) < 4.78 is 39.9. The zero-order valence-corrected chi connectivity index (χ0v) is 27.5. The van der Waals surface area contributed by atoms with Crippen LogP contribution in [-0.2, 0) is 26.2 Å². The van der Waals surface area contributed by atoms with Gasteiger partial charge < -0.3 is 19.7 Å². The first-order valence-electron chi connectivity index (χ1n) is 14.1. The van der Waals surface area contributed by atoms with Gasteiger partial charge in [-0.15, -0.1) is 0 Å². The lowest BCUT2D eigenvalue weighted by molar-refractivity contribution is -0.385. The van der Waals surface area contributed by atoms with Gasteiger partial charge in [-0.1, -0.05) is 36.7 Å². The second-order valence-corrected chi connectivity index (χ2v) is 12.8. The maximum Gasteiger partial charge on any atom is 0.273 e. The molecule has 0 aliphatic carbocycles. The van der Waals surface area contributed by atoms with Crippen molar-refractivity contribution in [1.29, 1.82) is 0 Å². The molecule has 0 heterocycles. The number of benzene rings is 3. The average molecular weight is 661 g/mol. The van der Waals surface area contributed by atoms with Crippen molar-refractivity contribution >= 4 is 44.8 Å². The number of anilines is 1. The van der Waals surface area contributed by atoms with Crippen molar-refractivity contribution in [1.82, 2.24) is 10.2 Å². The molecule has 0 radical (unpaired) electrons. The molecule has 0 saturated carbocycles. The first-order valence-corrected chi connectivity index (χ1v) is 15.9. The molecule has 14 heteroatoms. The van der Waals surface area contributed by atoms with Crippen LogP contribution in [0.3, 0.4) is 0 Å². The maximum absolute atomic E-state index is 14.3. The Morgan fingerprint density at radius 2 is 1.69 bits per heavy atom. The minimum Gasteiger partial charge on any atom is -0.497 e. The van der Waals surface area contributed by atoms with Crippen LogP contribution in [0.4, 0.5) is 11.4 Å². The molecule has 0 unspecified atom stereocenters. The van der Waals surface area contributed by atoms with Gasteiger partial charge in [0.15, 0.2) is 0 Å². The zero-order chi connectivity index (χ0) is 33.5. The molecular formula is C31H37ClN4O8S. The summed E-state index contributed by atoms with van der Waals surface area (Å²) in [4.78, 5) is 39.5. The Labute approximate surface area is 268 Å². The summed E-state index contributed by atoms with van der Waals surface area (Å²) >= 11 is 6.27. The molecule has 0 aliphatic rings. The van der Waals surface area contributed by atoms with E-state index in [0.717, 1.165) is 10.4 Å². The number of nitro groups is 1. The molecule has 12 nitrogen and oxygen atoms in total. The van der Waals surface area contributed by atoms with Gasteiger partial charge in [0.1, 0.15) is 24.1 Å². The van der Waals surface area contributed by atoms with Crippen molar-refractivity contribution in [2.75, 3.05) is 25.1 Å². The number of sulfonamides is 1. The smallest absolute Gasteiger partial charge is 0.273 e. The summed E-state index contributed by atoms with van der Waals surface area (Å²) in [6.07, 6.45) is 0.234. The van der Waals surface area contributed by atoms with Gasteiger partial charge in [0.05, 0.1) is 29.7 Å². The second kappa shape index (κ2) is 15.1. The minimum atomic E-state index is -4.63. The number of amides is 2. The number of nitrogens with zero attached hydrogens (tertiary/aromatic N) is 3. The van der Waals surface area contributed by atoms with E-state index in [2.05, 4.69) is 5.32 Å². The lowest BCUT2D eigenvalue weighted by Gasteiger charge is -2.34. The van der Waals surface area contributed by atoms with E-state index in [1.54, 1.807) is 45.0 Å². The number of nitro benzene ring substituents is 1. The summed E-state index contributed by atoms with van der Waals surface area (Å²) in [6, 6.07) is 13.5. The lowest BCUT2D eigenvalue weighted by Crippen LogP contribution is -2.53. The standard InChI is InChI=1S/C31H37ClN4O8S/c1-7-26(31(38)33-20(2)3)34(18-22-9-12-24(43-5)13-10-22)30(37)19-35(28-16-23(32)11-15-29(28)44-6)45(41,42)25-14-8-21(4)27(17-25)36(39)40/h8-17,20,26H,7,18-19H2,1-6H3,(H,33,38)/t26-/m1/s1. The summed E-state index contributed by atoms with van der Waals surface area (Å²) in [6.45, 7) is 6.02. The van der Waals surface area contributed by atoms with E-state index in [1.807, 2.05) is 0 Å². The van der Waals surface area contributed by atoms with E-state index in [9.17, 15) is 28.1 Å². The van der Waals surface area contributed by atoms with Gasteiger partial charge in [-0.05, 0) is 69.2 Å². The molecule has 45 heavy (non-hydrogen) atoms. The summed E-state index contributed by atoms with van der Waals surface area (Å²) in [5, 5.41) is 14.7. The van der Waals surface area contributed by atoms with Gasteiger partial charge in [-0.25, -0.2) is 8.42 Å². The number of halogens is 1. The normalized spacial score (nSPS) is 11.9. The van der Waals surface area contributed by atoms with Gasteiger partial charge in [0.2, 0.25) is 11.8 Å². The molecule has 0 aromatic heterocycles. The quantitative estimate of drug-likeness (QED) is 0.185. The molecule has 3 aromatic carbocycles. The van der Waals surface area contributed by atoms with Crippen LogP contribution in [0.25, 0.3) is 0 Å². The maximum atomic E-state index is 14.3. The Morgan fingerprint density at radius 3 is 2.24 bits per heavy atom. The third kappa shape index (κ3) is 8.43. The Hall–Kier alpha value is -4.36. The number of hydrogen-bond donors (Lipinski definition) is 1. The van der Waals surface area contributed by atoms with Crippen LogP contribution in [0.2, 0.25) is 5.02 Å². The molecule has 3 aromatic rings. The van der Waals surface area contributed by atoms with Crippen molar-refractivity contribution in [3.8, 4) is 11.5 Å². The van der Waals surface area contributed by atoms with Crippen LogP contribution < -0.4 is 19.1 Å². The summed E-state index contributed by atoms with van der Waals surface area (Å²) in [5.74, 6) is -0.426. The number of carbonyl (C=O) groups is 2. The van der Waals surface area contributed by atoms with E-state index in [1.165, 1.54) is 56.4 Å². The van der Waals surface area contributed by atoms with Crippen molar-refractivity contribution in [3.63, 3.8) is 0 Å². The highest BCUT2D eigenvalue weighted by Gasteiger charge is 2.35. The van der Waals surface area contributed by atoms with Gasteiger partial charge >= 0.3 is 0 Å². The average Bonchev–Trinajstić information content (AvgIpc) is 2.99. The number of carbonyl (C=O) groups excluding carboxylic acids is 2. The fourth-order valence-electron chi connectivity index (χ4n) is 4.67. The van der Waals surface area contributed by atoms with Crippen LogP contribution in [0, 0.1) is 17.0 Å². The highest BCUT2D eigenvalue weighted by Crippen LogP contribution is 2.36. The summed E-state index contributed by atoms with van der Waals surface area (Å²) in [7, 11) is -1.78. The highest BCUT2D eigenvalue weighted by molar-refractivity contribution is 7.92. The molecule has 2 amide bonds. The van der Waals surface area contributed by atoms with Gasteiger partial charge in [0.25, 0.3) is 15.7 Å². The van der Waals surface area contributed by atoms with Crippen LogP contribution in [0.15, 0.2) is 65.6 Å². The van der Waals surface area contributed by atoms with E-state index in [-0.39, 0.29) is 41.0 Å². The lowest BCUT2D eigenvalue weighted by atomic mass is 10.1. The predicted molar refractivity (Wildman–Crippen MR) is 171 cm³/mol. The van der Waals surface area contributed by atoms with Gasteiger partial charge in [0, 0.05) is 29.2 Å². The van der Waals surface area contributed by atoms with Crippen molar-refractivity contribution in [2.45, 2.75) is 57.6 Å². The number of ether oxygens (including phenoxy) is 2. The number of rotatable bonds is 14. The van der Waals surface area contributed by atoms with Crippen molar-refractivity contribution in [2.24, 2.45) is 0 Å². The largest absolute Gasteiger partial charge is 0.497 e. The van der Waals surface area contributed by atoms with Crippen molar-refractivity contribution < 1.29 is 32.4 Å². The Bertz CT molecular complexity index is 1650. The molecule has 3 rings (SSSR count). The molecule has 1 N–H and O–H groups in total. The Kier molecular flexibility index (Phi) is 11.8.